The Morgan fingerprint density at radius 2 is 1.00 bits per heavy atom. The second-order valence-corrected chi connectivity index (χ2v) is 0. The van der Waals surface area contributed by atoms with Gasteiger partial charge in [0.25, 0.3) is 0 Å². The Hall–Kier alpha value is 1.53. The van der Waals surface area contributed by atoms with Crippen LogP contribution >= 0.6 is 0 Å². The summed E-state index contributed by atoms with van der Waals surface area (Å²) in [4.78, 5) is 0. The Balaban J connectivity index is 0. The molecule has 0 saturated heterocycles. The average molecular weight is 137 g/mol. The van der Waals surface area contributed by atoms with Crippen molar-refractivity contribution in [2.45, 2.75) is 7.43 Å². The average Bonchev–Trinajstić information content (AvgIpc) is 0. The van der Waals surface area contributed by atoms with Gasteiger partial charge in [0.2, 0.25) is 0 Å². The van der Waals surface area contributed by atoms with Crippen LogP contribution in [0.5, 0.6) is 0 Å². The maximum atomic E-state index is 0. The van der Waals surface area contributed by atoms with Crippen molar-refractivity contribution in [3.05, 3.63) is 0 Å². The van der Waals surface area contributed by atoms with Crippen molar-refractivity contribution in [3.63, 3.8) is 0 Å². The zero-order valence-corrected chi connectivity index (χ0v) is 2.64. The Kier molecular flexibility index (Phi) is 829. The SMILES string of the molecule is C.[AlH3].[B].[SiH4].[Ti]. The van der Waals surface area contributed by atoms with Crippen molar-refractivity contribution in [1.29, 1.82) is 0 Å². The molecule has 0 fully saturated rings. The van der Waals surface area contributed by atoms with Crippen molar-refractivity contribution in [3.8, 4) is 0 Å². The van der Waals surface area contributed by atoms with E-state index >= 15 is 0 Å². The first-order valence-corrected chi connectivity index (χ1v) is 0. The van der Waals surface area contributed by atoms with Crippen LogP contribution < -0.4 is 0 Å². The maximum absolute atomic E-state index is 0. The minimum Gasteiger partial charge on any atom is -0.0776 e. The third-order valence-corrected chi connectivity index (χ3v) is 0. The van der Waals surface area contributed by atoms with E-state index in [-0.39, 0.29) is 65.9 Å². The van der Waals surface area contributed by atoms with Crippen LogP contribution in [0.3, 0.4) is 0 Å². The van der Waals surface area contributed by atoms with E-state index in [1.165, 1.54) is 0 Å². The van der Waals surface area contributed by atoms with Crippen LogP contribution in [0.4, 0.5) is 0 Å². The number of hydrogen-bond donors (Lipinski definition) is 0. The Labute approximate surface area is 65.7 Å². The molecule has 29 valence electrons. The van der Waals surface area contributed by atoms with E-state index in [4.69, 9.17) is 0 Å². The zero-order valence-electron chi connectivity index (χ0n) is 1.08. The van der Waals surface area contributed by atoms with Gasteiger partial charge in [-0.2, -0.15) is 0 Å². The van der Waals surface area contributed by atoms with Crippen LogP contribution in [0.1, 0.15) is 7.43 Å². The van der Waals surface area contributed by atoms with Gasteiger partial charge in [-0.15, -0.1) is 0 Å². The molecular formula is CH11AlBSiTi. The maximum Gasteiger partial charge on any atom is 0.187 e. The fourth-order valence-electron chi connectivity index (χ4n) is 0. The van der Waals surface area contributed by atoms with Gasteiger partial charge >= 0.3 is 0 Å². The summed E-state index contributed by atoms with van der Waals surface area (Å²) in [6.07, 6.45) is 0. The van der Waals surface area contributed by atoms with E-state index in [1.54, 1.807) is 0 Å². The van der Waals surface area contributed by atoms with Crippen LogP contribution in [-0.2, 0) is 21.7 Å². The summed E-state index contributed by atoms with van der Waals surface area (Å²) in [5.74, 6) is 0. The van der Waals surface area contributed by atoms with Crippen molar-refractivity contribution < 1.29 is 21.7 Å². The first-order chi connectivity index (χ1) is 0. The largest absolute Gasteiger partial charge is 0.187 e. The van der Waals surface area contributed by atoms with Crippen molar-refractivity contribution in [1.82, 2.24) is 0 Å². The number of rotatable bonds is 0. The first-order valence-electron chi connectivity index (χ1n) is 0. The van der Waals surface area contributed by atoms with E-state index in [9.17, 15) is 0 Å². The molecule has 4 heteroatoms. The minimum atomic E-state index is 0. The quantitative estimate of drug-likeness (QED) is 0.327. The van der Waals surface area contributed by atoms with Crippen LogP contribution in [0.2, 0.25) is 0 Å². The van der Waals surface area contributed by atoms with Crippen molar-refractivity contribution in [2.75, 3.05) is 0 Å². The summed E-state index contributed by atoms with van der Waals surface area (Å²) in [5.41, 5.74) is 0. The summed E-state index contributed by atoms with van der Waals surface area (Å²) < 4.78 is 0. The molecule has 0 aromatic carbocycles. The molecule has 0 heterocycles. The third kappa shape index (κ3) is 29.5. The molecule has 0 bridgehead atoms. The molecule has 0 nitrogen and oxygen atoms in total. The van der Waals surface area contributed by atoms with Crippen LogP contribution in [-0.4, -0.2) is 36.7 Å². The van der Waals surface area contributed by atoms with Crippen LogP contribution in [0.25, 0.3) is 0 Å². The molecule has 3 radical (unpaired) electrons. The Bertz CT molecular complexity index is 11.6. The molecule has 0 saturated carbocycles. The zero-order chi connectivity index (χ0) is 0. The Morgan fingerprint density at radius 3 is 1.00 bits per heavy atom. The fourth-order valence-corrected chi connectivity index (χ4v) is 0. The molecular weight excluding hydrogens is 126 g/mol. The van der Waals surface area contributed by atoms with Gasteiger partial charge in [-0.3, -0.25) is 0 Å². The van der Waals surface area contributed by atoms with Crippen LogP contribution in [0.15, 0.2) is 0 Å². The molecule has 0 atom stereocenters. The summed E-state index contributed by atoms with van der Waals surface area (Å²) in [6, 6.07) is 0. The van der Waals surface area contributed by atoms with Crippen molar-refractivity contribution in [2.24, 2.45) is 0 Å². The minimum absolute atomic E-state index is 0. The second-order valence-electron chi connectivity index (χ2n) is 0. The van der Waals surface area contributed by atoms with E-state index in [2.05, 4.69) is 0 Å². The molecule has 0 spiro atoms. The molecule has 0 aromatic heterocycles. The predicted octanol–water partition coefficient (Wildman–Crippen LogP) is -2.38. The molecule has 0 amide bonds. The summed E-state index contributed by atoms with van der Waals surface area (Å²) in [7, 11) is 0. The Morgan fingerprint density at radius 1 is 1.00 bits per heavy atom. The van der Waals surface area contributed by atoms with E-state index in [0.717, 1.165) is 0 Å². The molecule has 0 aromatic rings. The van der Waals surface area contributed by atoms with Gasteiger partial charge in [0.05, 0.1) is 0 Å². The summed E-state index contributed by atoms with van der Waals surface area (Å²) >= 11 is 0. The van der Waals surface area contributed by atoms with E-state index < -0.39 is 0 Å². The topological polar surface area (TPSA) is 0 Å². The third-order valence-electron chi connectivity index (χ3n) is 0. The molecule has 0 aliphatic heterocycles. The van der Waals surface area contributed by atoms with Gasteiger partial charge in [-0.05, 0) is 11.0 Å². The van der Waals surface area contributed by atoms with E-state index in [1.807, 2.05) is 0 Å². The molecule has 0 unspecified atom stereocenters. The second kappa shape index (κ2) is 48.5. The fraction of sp³-hybridized carbons (Fsp3) is 1.00. The standard InChI is InChI=1S/CH4.Al.B.H4Si.Ti.3H/h1H4;;;1H4;;;;. The molecule has 0 aliphatic rings. The van der Waals surface area contributed by atoms with Gasteiger partial charge in [0.1, 0.15) is 0 Å². The van der Waals surface area contributed by atoms with Crippen LogP contribution in [0, 0.1) is 0 Å². The molecule has 0 rings (SSSR count). The normalized spacial score (nSPS) is 0. The molecule has 0 aliphatic carbocycles. The first kappa shape index (κ1) is 85.4. The van der Waals surface area contributed by atoms with E-state index in [0.29, 0.717) is 0 Å². The van der Waals surface area contributed by atoms with Gasteiger partial charge < -0.3 is 0 Å². The smallest absolute Gasteiger partial charge is 0.0776 e. The summed E-state index contributed by atoms with van der Waals surface area (Å²) in [5, 5.41) is 0. The van der Waals surface area contributed by atoms with Gasteiger partial charge in [-0.25, -0.2) is 0 Å². The molecule has 0 N–H and O–H groups in total. The molecule has 5 heavy (non-hydrogen) atoms. The monoisotopic (exact) mass is 137 g/mol. The van der Waals surface area contributed by atoms with Gasteiger partial charge in [0.15, 0.2) is 17.4 Å². The van der Waals surface area contributed by atoms with Crippen molar-refractivity contribution >= 4 is 36.7 Å². The predicted molar refractivity (Wildman–Crippen MR) is 33.8 cm³/mol. The number of hydrogen-bond acceptors (Lipinski definition) is 0. The van der Waals surface area contributed by atoms with Gasteiger partial charge in [-0.1, -0.05) is 7.43 Å². The summed E-state index contributed by atoms with van der Waals surface area (Å²) in [6.45, 7) is 0. The van der Waals surface area contributed by atoms with Gasteiger partial charge in [0, 0.05) is 30.1 Å².